The summed E-state index contributed by atoms with van der Waals surface area (Å²) in [7, 11) is 0. The molecule has 2 aromatic carbocycles. The molecule has 1 N–H and O–H groups in total. The lowest BCUT2D eigenvalue weighted by atomic mass is 10.0. The van der Waals surface area contributed by atoms with Crippen LogP contribution in [0.5, 0.6) is 0 Å². The van der Waals surface area contributed by atoms with Crippen LogP contribution >= 0.6 is 23.2 Å². The molecule has 0 aliphatic carbocycles. The highest BCUT2D eigenvalue weighted by Gasteiger charge is 2.26. The van der Waals surface area contributed by atoms with Crippen LogP contribution < -0.4 is 5.32 Å². The topological polar surface area (TPSA) is 49.4 Å². The lowest BCUT2D eigenvalue weighted by molar-refractivity contribution is -0.140. The molecule has 2 aromatic rings. The highest BCUT2D eigenvalue weighted by molar-refractivity contribution is 6.42. The van der Waals surface area contributed by atoms with E-state index in [4.69, 9.17) is 23.2 Å². The molecule has 168 valence electrons. The van der Waals surface area contributed by atoms with Gasteiger partial charge in [0.15, 0.2) is 0 Å². The van der Waals surface area contributed by atoms with Gasteiger partial charge in [-0.2, -0.15) is 0 Å². The molecule has 0 bridgehead atoms. The summed E-state index contributed by atoms with van der Waals surface area (Å²) in [5, 5.41) is 3.87. The largest absolute Gasteiger partial charge is 0.352 e. The van der Waals surface area contributed by atoms with Crippen LogP contribution in [0.15, 0.2) is 42.5 Å². The molecule has 0 heterocycles. The Balaban J connectivity index is 2.16. The van der Waals surface area contributed by atoms with E-state index in [-0.39, 0.29) is 17.9 Å². The van der Waals surface area contributed by atoms with Gasteiger partial charge in [0.25, 0.3) is 0 Å². The van der Waals surface area contributed by atoms with Gasteiger partial charge in [0, 0.05) is 19.0 Å². The van der Waals surface area contributed by atoms with Crippen LogP contribution in [0.3, 0.4) is 0 Å². The fourth-order valence-electron chi connectivity index (χ4n) is 3.22. The van der Waals surface area contributed by atoms with E-state index in [2.05, 4.69) is 36.5 Å². The molecular weight excluding hydrogens is 431 g/mol. The van der Waals surface area contributed by atoms with Crippen LogP contribution in [-0.4, -0.2) is 28.8 Å². The van der Waals surface area contributed by atoms with Crippen molar-refractivity contribution < 1.29 is 9.59 Å². The number of hydrogen-bond acceptors (Lipinski definition) is 2. The fraction of sp³-hybridized carbons (Fsp3) is 0.440. The molecule has 6 heteroatoms. The van der Waals surface area contributed by atoms with Crippen LogP contribution in [0.2, 0.25) is 10.0 Å². The maximum Gasteiger partial charge on any atom is 0.242 e. The standard InChI is InChI=1S/C25H32Cl2N2O2/c1-5-17(3)28-25(31)18(4)29(16-21-11-13-22(26)23(27)15-21)24(30)14-12-20-9-7-19(6-2)8-10-20/h7-11,13,15,17-18H,5-6,12,14,16H2,1-4H3,(H,28,31)/t17-,18-/m0/s1. The quantitative estimate of drug-likeness (QED) is 0.483. The number of aryl methyl sites for hydroxylation is 2. The summed E-state index contributed by atoms with van der Waals surface area (Å²) >= 11 is 12.2. The van der Waals surface area contributed by atoms with Crippen LogP contribution in [0.1, 0.15) is 57.2 Å². The number of carbonyl (C=O) groups excluding carboxylic acids is 2. The average Bonchev–Trinajstić information content (AvgIpc) is 2.77. The van der Waals surface area contributed by atoms with Gasteiger partial charge in [-0.15, -0.1) is 0 Å². The zero-order chi connectivity index (χ0) is 23.0. The van der Waals surface area contributed by atoms with Crippen molar-refractivity contribution in [3.05, 3.63) is 69.2 Å². The van der Waals surface area contributed by atoms with E-state index in [1.54, 1.807) is 24.0 Å². The molecule has 0 aliphatic rings. The van der Waals surface area contributed by atoms with Crippen molar-refractivity contribution in [2.24, 2.45) is 0 Å². The molecule has 0 saturated heterocycles. The van der Waals surface area contributed by atoms with E-state index >= 15 is 0 Å². The summed E-state index contributed by atoms with van der Waals surface area (Å²) in [6, 6.07) is 13.0. The molecule has 2 amide bonds. The maximum atomic E-state index is 13.2. The second-order valence-electron chi connectivity index (χ2n) is 7.93. The van der Waals surface area contributed by atoms with Crippen LogP contribution in [-0.2, 0) is 29.0 Å². The minimum absolute atomic E-state index is 0.0500. The van der Waals surface area contributed by atoms with Crippen molar-refractivity contribution >= 4 is 35.0 Å². The van der Waals surface area contributed by atoms with Gasteiger partial charge in [-0.25, -0.2) is 0 Å². The number of hydrogen-bond donors (Lipinski definition) is 1. The maximum absolute atomic E-state index is 13.2. The Morgan fingerprint density at radius 1 is 0.935 bits per heavy atom. The van der Waals surface area contributed by atoms with Gasteiger partial charge in [-0.05, 0) is 61.9 Å². The molecule has 31 heavy (non-hydrogen) atoms. The van der Waals surface area contributed by atoms with E-state index < -0.39 is 6.04 Å². The van der Waals surface area contributed by atoms with Crippen LogP contribution in [0, 0.1) is 0 Å². The Bertz CT molecular complexity index is 884. The minimum Gasteiger partial charge on any atom is -0.352 e. The summed E-state index contributed by atoms with van der Waals surface area (Å²) in [6.45, 7) is 8.14. The average molecular weight is 463 g/mol. The first-order chi connectivity index (χ1) is 14.7. The van der Waals surface area contributed by atoms with E-state index in [1.807, 2.05) is 19.9 Å². The first-order valence-electron chi connectivity index (χ1n) is 10.9. The molecule has 0 unspecified atom stereocenters. The van der Waals surface area contributed by atoms with E-state index in [0.29, 0.717) is 29.4 Å². The third kappa shape index (κ3) is 7.55. The first kappa shape index (κ1) is 25.2. The second kappa shape index (κ2) is 12.1. The number of nitrogens with one attached hydrogen (secondary N) is 1. The fourth-order valence-corrected chi connectivity index (χ4v) is 3.54. The predicted octanol–water partition coefficient (Wildman–Crippen LogP) is 5.82. The van der Waals surface area contributed by atoms with E-state index in [9.17, 15) is 9.59 Å². The van der Waals surface area contributed by atoms with Crippen molar-refractivity contribution in [2.45, 2.75) is 72.0 Å². The lowest BCUT2D eigenvalue weighted by Crippen LogP contribution is -2.49. The lowest BCUT2D eigenvalue weighted by Gasteiger charge is -2.30. The van der Waals surface area contributed by atoms with Gasteiger partial charge in [-0.1, -0.05) is 67.4 Å². The summed E-state index contributed by atoms with van der Waals surface area (Å²) in [5.74, 6) is -0.229. The Kier molecular flexibility index (Phi) is 9.86. The molecule has 2 atom stereocenters. The summed E-state index contributed by atoms with van der Waals surface area (Å²) in [5.41, 5.74) is 3.21. The number of halogens is 2. The molecule has 0 fully saturated rings. The van der Waals surface area contributed by atoms with Gasteiger partial charge < -0.3 is 10.2 Å². The molecule has 0 aromatic heterocycles. The molecule has 0 radical (unpaired) electrons. The highest BCUT2D eigenvalue weighted by Crippen LogP contribution is 2.24. The van der Waals surface area contributed by atoms with Crippen molar-refractivity contribution in [1.82, 2.24) is 10.2 Å². The molecular formula is C25H32Cl2N2O2. The number of nitrogens with zero attached hydrogens (tertiary/aromatic N) is 1. The van der Waals surface area contributed by atoms with Gasteiger partial charge in [0.1, 0.15) is 6.04 Å². The SMILES string of the molecule is CCc1ccc(CCC(=O)N(Cc2ccc(Cl)c(Cl)c2)[C@@H](C)C(=O)N[C@@H](C)CC)cc1. The summed E-state index contributed by atoms with van der Waals surface area (Å²) in [4.78, 5) is 27.6. The predicted molar refractivity (Wildman–Crippen MR) is 129 cm³/mol. The van der Waals surface area contributed by atoms with Crippen LogP contribution in [0.25, 0.3) is 0 Å². The Morgan fingerprint density at radius 2 is 1.55 bits per heavy atom. The third-order valence-electron chi connectivity index (χ3n) is 5.56. The molecule has 2 rings (SSSR count). The smallest absolute Gasteiger partial charge is 0.242 e. The van der Waals surface area contributed by atoms with Crippen molar-refractivity contribution in [2.75, 3.05) is 0 Å². The Hall–Kier alpha value is -2.04. The number of rotatable bonds is 10. The minimum atomic E-state index is -0.599. The van der Waals surface area contributed by atoms with Crippen molar-refractivity contribution in [3.63, 3.8) is 0 Å². The zero-order valence-electron chi connectivity index (χ0n) is 18.8. The van der Waals surface area contributed by atoms with Gasteiger partial charge >= 0.3 is 0 Å². The van der Waals surface area contributed by atoms with Gasteiger partial charge in [0.05, 0.1) is 10.0 Å². The first-order valence-corrected chi connectivity index (χ1v) is 11.6. The third-order valence-corrected chi connectivity index (χ3v) is 6.30. The monoisotopic (exact) mass is 462 g/mol. The summed E-state index contributed by atoms with van der Waals surface area (Å²) < 4.78 is 0. The van der Waals surface area contributed by atoms with Gasteiger partial charge in [0.2, 0.25) is 11.8 Å². The number of amides is 2. The molecule has 4 nitrogen and oxygen atoms in total. The summed E-state index contributed by atoms with van der Waals surface area (Å²) in [6.07, 6.45) is 2.76. The normalized spacial score (nSPS) is 12.8. The zero-order valence-corrected chi connectivity index (χ0v) is 20.3. The second-order valence-corrected chi connectivity index (χ2v) is 8.75. The highest BCUT2D eigenvalue weighted by atomic mass is 35.5. The Labute approximate surface area is 195 Å². The molecule has 0 aliphatic heterocycles. The number of benzene rings is 2. The van der Waals surface area contributed by atoms with Crippen molar-refractivity contribution in [3.8, 4) is 0 Å². The van der Waals surface area contributed by atoms with Gasteiger partial charge in [-0.3, -0.25) is 9.59 Å². The van der Waals surface area contributed by atoms with Crippen molar-refractivity contribution in [1.29, 1.82) is 0 Å². The molecule has 0 spiro atoms. The van der Waals surface area contributed by atoms with E-state index in [1.165, 1.54) is 5.56 Å². The Morgan fingerprint density at radius 3 is 2.13 bits per heavy atom. The number of carbonyl (C=O) groups is 2. The van der Waals surface area contributed by atoms with E-state index in [0.717, 1.165) is 24.0 Å². The van der Waals surface area contributed by atoms with Crippen LogP contribution in [0.4, 0.5) is 0 Å². The molecule has 0 saturated carbocycles.